The topological polar surface area (TPSA) is 66.5 Å². The highest BCUT2D eigenvalue weighted by Gasteiger charge is 2.20. The first-order chi connectivity index (χ1) is 6.97. The summed E-state index contributed by atoms with van der Waals surface area (Å²) in [6, 6.07) is 2.24. The lowest BCUT2D eigenvalue weighted by atomic mass is 10.00. The van der Waals surface area contributed by atoms with Gasteiger partial charge in [0.15, 0.2) is 0 Å². The molecule has 1 aromatic carbocycles. The van der Waals surface area contributed by atoms with E-state index in [1.165, 1.54) is 12.1 Å². The van der Waals surface area contributed by atoms with Gasteiger partial charge in [-0.05, 0) is 18.6 Å². The van der Waals surface area contributed by atoms with Crippen LogP contribution >= 0.6 is 23.2 Å². The second-order valence-electron chi connectivity index (χ2n) is 3.33. The average molecular weight is 250 g/mol. The summed E-state index contributed by atoms with van der Waals surface area (Å²) in [6.07, 6.45) is -0.240. The third-order valence-electron chi connectivity index (χ3n) is 2.25. The summed E-state index contributed by atoms with van der Waals surface area (Å²) in [4.78, 5) is 0. The Balaban J connectivity index is 3.13. The van der Waals surface area contributed by atoms with E-state index in [0.717, 1.165) is 0 Å². The molecule has 2 atom stereocenters. The van der Waals surface area contributed by atoms with Crippen LogP contribution in [-0.4, -0.2) is 16.3 Å². The van der Waals surface area contributed by atoms with Crippen molar-refractivity contribution in [3.8, 4) is 5.75 Å². The zero-order valence-corrected chi connectivity index (χ0v) is 9.76. The van der Waals surface area contributed by atoms with E-state index in [1.807, 2.05) is 0 Å². The minimum Gasteiger partial charge on any atom is -0.506 e. The van der Waals surface area contributed by atoms with Gasteiger partial charge in [0.05, 0.1) is 17.2 Å². The normalized spacial score (nSPS) is 15.0. The number of aliphatic hydroxyl groups is 1. The van der Waals surface area contributed by atoms with Crippen molar-refractivity contribution in [1.29, 1.82) is 0 Å². The van der Waals surface area contributed by atoms with Crippen LogP contribution in [0.3, 0.4) is 0 Å². The molecule has 0 aliphatic carbocycles. The Morgan fingerprint density at radius 1 is 1.40 bits per heavy atom. The predicted octanol–water partition coefficient (Wildman–Crippen LogP) is 2.47. The van der Waals surface area contributed by atoms with Gasteiger partial charge in [-0.15, -0.1) is 0 Å². The Bertz CT molecular complexity index is 358. The van der Waals surface area contributed by atoms with Gasteiger partial charge in [0.1, 0.15) is 5.75 Å². The van der Waals surface area contributed by atoms with E-state index in [-0.39, 0.29) is 10.8 Å². The highest BCUT2D eigenvalue weighted by molar-refractivity contribution is 6.35. The number of hydrogen-bond donors (Lipinski definition) is 3. The molecular weight excluding hydrogens is 237 g/mol. The van der Waals surface area contributed by atoms with Crippen LogP contribution in [0, 0.1) is 0 Å². The van der Waals surface area contributed by atoms with E-state index in [1.54, 1.807) is 6.92 Å². The SMILES string of the molecule is CC[C@@H](O)[C@@H](N)c1cc(Cl)cc(Cl)c1O. The molecule has 1 rings (SSSR count). The number of rotatable bonds is 3. The lowest BCUT2D eigenvalue weighted by Crippen LogP contribution is -2.25. The Hall–Kier alpha value is -0.480. The summed E-state index contributed by atoms with van der Waals surface area (Å²) >= 11 is 11.5. The van der Waals surface area contributed by atoms with Crippen LogP contribution < -0.4 is 5.73 Å². The van der Waals surface area contributed by atoms with Crippen molar-refractivity contribution >= 4 is 23.2 Å². The fourth-order valence-electron chi connectivity index (χ4n) is 1.30. The Kier molecular flexibility index (Phi) is 4.22. The van der Waals surface area contributed by atoms with Gasteiger partial charge in [-0.2, -0.15) is 0 Å². The molecule has 0 aliphatic rings. The molecule has 0 heterocycles. The number of halogens is 2. The van der Waals surface area contributed by atoms with Crippen LogP contribution in [0.1, 0.15) is 24.9 Å². The van der Waals surface area contributed by atoms with Gasteiger partial charge in [-0.25, -0.2) is 0 Å². The standard InChI is InChI=1S/C10H13Cl2NO2/c1-2-8(14)9(13)6-3-5(11)4-7(12)10(6)15/h3-4,8-9,14-15H,2,13H2,1H3/t8-,9+/m1/s1. The van der Waals surface area contributed by atoms with Crippen LogP contribution in [0.25, 0.3) is 0 Å². The molecule has 15 heavy (non-hydrogen) atoms. The van der Waals surface area contributed by atoms with E-state index < -0.39 is 12.1 Å². The third kappa shape index (κ3) is 2.75. The molecule has 0 fully saturated rings. The molecule has 5 heteroatoms. The molecule has 0 radical (unpaired) electrons. The summed E-state index contributed by atoms with van der Waals surface area (Å²) in [7, 11) is 0. The second kappa shape index (κ2) is 5.03. The van der Waals surface area contributed by atoms with E-state index in [0.29, 0.717) is 17.0 Å². The van der Waals surface area contributed by atoms with Crippen molar-refractivity contribution < 1.29 is 10.2 Å². The Morgan fingerprint density at radius 2 is 2.00 bits per heavy atom. The molecule has 0 unspecified atom stereocenters. The fraction of sp³-hybridized carbons (Fsp3) is 0.400. The van der Waals surface area contributed by atoms with Gasteiger partial charge in [0, 0.05) is 10.6 Å². The maximum absolute atomic E-state index is 9.66. The van der Waals surface area contributed by atoms with Crippen LogP contribution in [-0.2, 0) is 0 Å². The quantitative estimate of drug-likeness (QED) is 0.771. The zero-order chi connectivity index (χ0) is 11.6. The molecule has 0 aliphatic heterocycles. The van der Waals surface area contributed by atoms with E-state index in [2.05, 4.69) is 0 Å². The lowest BCUT2D eigenvalue weighted by Gasteiger charge is -2.19. The summed E-state index contributed by atoms with van der Waals surface area (Å²) in [5.74, 6) is -0.124. The van der Waals surface area contributed by atoms with Crippen molar-refractivity contribution in [3.05, 3.63) is 27.7 Å². The van der Waals surface area contributed by atoms with Crippen molar-refractivity contribution in [1.82, 2.24) is 0 Å². The monoisotopic (exact) mass is 249 g/mol. The summed E-state index contributed by atoms with van der Waals surface area (Å²) in [6.45, 7) is 1.80. The summed E-state index contributed by atoms with van der Waals surface area (Å²) < 4.78 is 0. The Morgan fingerprint density at radius 3 is 2.53 bits per heavy atom. The maximum Gasteiger partial charge on any atom is 0.139 e. The van der Waals surface area contributed by atoms with Crippen molar-refractivity contribution in [2.24, 2.45) is 5.73 Å². The van der Waals surface area contributed by atoms with Gasteiger partial charge in [0.25, 0.3) is 0 Å². The van der Waals surface area contributed by atoms with E-state index in [4.69, 9.17) is 28.9 Å². The molecule has 0 spiro atoms. The molecule has 0 saturated carbocycles. The first kappa shape index (κ1) is 12.6. The number of phenolic OH excluding ortho intramolecular Hbond substituents is 1. The number of phenols is 1. The molecule has 1 aromatic rings. The molecule has 0 bridgehead atoms. The largest absolute Gasteiger partial charge is 0.506 e. The number of aliphatic hydroxyl groups excluding tert-OH is 1. The van der Waals surface area contributed by atoms with Crippen LogP contribution in [0.5, 0.6) is 5.75 Å². The molecule has 0 saturated heterocycles. The van der Waals surface area contributed by atoms with Gasteiger partial charge in [-0.3, -0.25) is 0 Å². The van der Waals surface area contributed by atoms with Crippen LogP contribution in [0.2, 0.25) is 10.0 Å². The zero-order valence-electron chi connectivity index (χ0n) is 8.24. The fourth-order valence-corrected chi connectivity index (χ4v) is 1.81. The smallest absolute Gasteiger partial charge is 0.139 e. The van der Waals surface area contributed by atoms with Crippen molar-refractivity contribution in [2.75, 3.05) is 0 Å². The Labute approximate surface area is 98.4 Å². The number of nitrogens with two attached hydrogens (primary N) is 1. The molecule has 3 nitrogen and oxygen atoms in total. The molecular formula is C10H13Cl2NO2. The third-order valence-corrected chi connectivity index (χ3v) is 2.76. The molecule has 84 valence electrons. The number of benzene rings is 1. The maximum atomic E-state index is 9.66. The first-order valence-electron chi connectivity index (χ1n) is 4.59. The van der Waals surface area contributed by atoms with Crippen molar-refractivity contribution in [3.63, 3.8) is 0 Å². The molecule has 4 N–H and O–H groups in total. The number of aromatic hydroxyl groups is 1. The van der Waals surface area contributed by atoms with Gasteiger partial charge in [-0.1, -0.05) is 30.1 Å². The summed E-state index contributed by atoms with van der Waals surface area (Å²) in [5, 5.41) is 19.7. The van der Waals surface area contributed by atoms with Gasteiger partial charge in [0.2, 0.25) is 0 Å². The van der Waals surface area contributed by atoms with Gasteiger partial charge >= 0.3 is 0 Å². The minimum absolute atomic E-state index is 0.124. The van der Waals surface area contributed by atoms with E-state index >= 15 is 0 Å². The van der Waals surface area contributed by atoms with Gasteiger partial charge < -0.3 is 15.9 Å². The highest BCUT2D eigenvalue weighted by Crippen LogP contribution is 2.35. The average Bonchev–Trinajstić information content (AvgIpc) is 2.21. The predicted molar refractivity (Wildman–Crippen MR) is 61.4 cm³/mol. The highest BCUT2D eigenvalue weighted by atomic mass is 35.5. The second-order valence-corrected chi connectivity index (χ2v) is 4.17. The first-order valence-corrected chi connectivity index (χ1v) is 5.34. The van der Waals surface area contributed by atoms with Crippen LogP contribution in [0.4, 0.5) is 0 Å². The van der Waals surface area contributed by atoms with Crippen LogP contribution in [0.15, 0.2) is 12.1 Å². The molecule has 0 aromatic heterocycles. The van der Waals surface area contributed by atoms with Crippen molar-refractivity contribution in [2.45, 2.75) is 25.5 Å². The minimum atomic E-state index is -0.731. The lowest BCUT2D eigenvalue weighted by molar-refractivity contribution is 0.139. The number of hydrogen-bond acceptors (Lipinski definition) is 3. The molecule has 0 amide bonds. The van der Waals surface area contributed by atoms with E-state index in [9.17, 15) is 10.2 Å². The summed E-state index contributed by atoms with van der Waals surface area (Å²) in [5.41, 5.74) is 6.12.